The number of aromatic amines is 1. The van der Waals surface area contributed by atoms with Crippen LogP contribution in [0, 0.1) is 24.2 Å². The van der Waals surface area contributed by atoms with Crippen molar-refractivity contribution in [2.45, 2.75) is 25.3 Å². The summed E-state index contributed by atoms with van der Waals surface area (Å²) in [5.74, 6) is -0.589. The lowest BCUT2D eigenvalue weighted by Crippen LogP contribution is -2.42. The van der Waals surface area contributed by atoms with Crippen LogP contribution in [0.15, 0.2) is 15.8 Å². The Balaban J connectivity index is 2.47. The number of aryl methyl sites for hydroxylation is 1. The number of aromatic nitrogens is 2. The molecule has 2 rings (SSSR count). The van der Waals surface area contributed by atoms with Crippen LogP contribution >= 0.6 is 0 Å². The van der Waals surface area contributed by atoms with Gasteiger partial charge in [0.1, 0.15) is 6.10 Å². The summed E-state index contributed by atoms with van der Waals surface area (Å²) in [4.78, 5) is 25.5. The van der Waals surface area contributed by atoms with Crippen LogP contribution < -0.4 is 16.6 Å². The molecule has 1 aromatic rings. The number of nitriles is 1. The van der Waals surface area contributed by atoms with Crippen molar-refractivity contribution in [3.05, 3.63) is 32.6 Å². The van der Waals surface area contributed by atoms with Crippen LogP contribution in [0.4, 0.5) is 0 Å². The van der Waals surface area contributed by atoms with Gasteiger partial charge < -0.3 is 15.2 Å². The maximum Gasteiger partial charge on any atom is 0.330 e. The van der Waals surface area contributed by atoms with Gasteiger partial charge in [-0.3, -0.25) is 14.3 Å². The van der Waals surface area contributed by atoms with Crippen LogP contribution in [-0.2, 0) is 4.74 Å². The van der Waals surface area contributed by atoms with Crippen molar-refractivity contribution >= 4 is 0 Å². The normalized spacial score (nSPS) is 29.3. The first-order valence-electron chi connectivity index (χ1n) is 6.18. The second-order valence-corrected chi connectivity index (χ2v) is 4.70. The van der Waals surface area contributed by atoms with Gasteiger partial charge in [0.05, 0.1) is 24.6 Å². The molecular weight excluding hydrogens is 264 g/mol. The number of aliphatic hydroxyl groups is 1. The summed E-state index contributed by atoms with van der Waals surface area (Å²) < 4.78 is 6.82. The number of likely N-dealkylation sites (N-methyl/N-ethyl adjacent to an activating group) is 1. The van der Waals surface area contributed by atoms with Gasteiger partial charge in [-0.1, -0.05) is 0 Å². The fourth-order valence-electron chi connectivity index (χ4n) is 2.41. The lowest BCUT2D eigenvalue weighted by atomic mass is 9.98. The number of hydrogen-bond acceptors (Lipinski definition) is 6. The molecule has 1 aromatic heterocycles. The van der Waals surface area contributed by atoms with E-state index in [-0.39, 0.29) is 6.61 Å². The predicted molar refractivity (Wildman–Crippen MR) is 69.0 cm³/mol. The summed E-state index contributed by atoms with van der Waals surface area (Å²) in [5.41, 5.74) is -0.703. The first-order valence-corrected chi connectivity index (χ1v) is 6.18. The van der Waals surface area contributed by atoms with Gasteiger partial charge >= 0.3 is 5.69 Å². The van der Waals surface area contributed by atoms with Crippen molar-refractivity contribution in [1.29, 1.82) is 5.26 Å². The average Bonchev–Trinajstić information content (AvgIpc) is 2.80. The van der Waals surface area contributed by atoms with Crippen molar-refractivity contribution in [3.8, 4) is 6.07 Å². The summed E-state index contributed by atoms with van der Waals surface area (Å²) in [6.45, 7) is 1.26. The number of ether oxygens (including phenoxy) is 1. The summed E-state index contributed by atoms with van der Waals surface area (Å²) in [7, 11) is 1.65. The highest BCUT2D eigenvalue weighted by atomic mass is 16.5. The fourth-order valence-corrected chi connectivity index (χ4v) is 2.41. The molecule has 8 heteroatoms. The maximum absolute atomic E-state index is 11.9. The number of H-pyrrole nitrogens is 1. The summed E-state index contributed by atoms with van der Waals surface area (Å²) >= 11 is 0. The molecule has 0 amide bonds. The minimum absolute atomic E-state index is 0.315. The van der Waals surface area contributed by atoms with Gasteiger partial charge in [-0.2, -0.15) is 5.26 Å². The van der Waals surface area contributed by atoms with E-state index in [9.17, 15) is 20.0 Å². The molecule has 0 spiro atoms. The first-order chi connectivity index (χ1) is 9.53. The molecule has 8 nitrogen and oxygen atoms in total. The van der Waals surface area contributed by atoms with Gasteiger partial charge in [-0.15, -0.1) is 0 Å². The molecule has 0 aliphatic carbocycles. The van der Waals surface area contributed by atoms with E-state index in [4.69, 9.17) is 4.74 Å². The molecule has 0 radical (unpaired) electrons. The quantitative estimate of drug-likeness (QED) is 0.617. The van der Waals surface area contributed by atoms with Crippen LogP contribution in [-0.4, -0.2) is 40.5 Å². The van der Waals surface area contributed by atoms with Crippen LogP contribution in [0.2, 0.25) is 0 Å². The monoisotopic (exact) mass is 280 g/mol. The van der Waals surface area contributed by atoms with E-state index in [2.05, 4.69) is 16.4 Å². The lowest BCUT2D eigenvalue weighted by molar-refractivity contribution is -0.0333. The summed E-state index contributed by atoms with van der Waals surface area (Å²) in [5, 5.41) is 21.4. The van der Waals surface area contributed by atoms with E-state index in [1.54, 1.807) is 14.0 Å². The smallest absolute Gasteiger partial charge is 0.330 e. The van der Waals surface area contributed by atoms with Gasteiger partial charge in [-0.05, 0) is 14.0 Å². The third-order valence-electron chi connectivity index (χ3n) is 3.49. The SMILES string of the molecule is CN[C@@H]1[C@H](C#N)[C@@H](CO)O[C@H]1n1cc(C)c(=O)[nH]c1=O. The van der Waals surface area contributed by atoms with E-state index in [1.807, 2.05) is 0 Å². The van der Waals surface area contributed by atoms with Crippen LogP contribution in [0.3, 0.4) is 0 Å². The van der Waals surface area contributed by atoms with Gasteiger partial charge in [-0.25, -0.2) is 4.79 Å². The summed E-state index contributed by atoms with van der Waals surface area (Å²) in [6, 6.07) is 1.62. The Morgan fingerprint density at radius 2 is 2.30 bits per heavy atom. The van der Waals surface area contributed by atoms with Gasteiger partial charge in [0.15, 0.2) is 6.23 Å². The molecule has 0 aromatic carbocycles. The fraction of sp³-hybridized carbons (Fsp3) is 0.583. The Morgan fingerprint density at radius 3 is 2.85 bits per heavy atom. The molecule has 20 heavy (non-hydrogen) atoms. The third kappa shape index (κ3) is 2.27. The third-order valence-corrected chi connectivity index (χ3v) is 3.49. The molecule has 1 saturated heterocycles. The van der Waals surface area contributed by atoms with E-state index >= 15 is 0 Å². The molecular formula is C12H16N4O4. The molecule has 108 valence electrons. The number of nitrogens with zero attached hydrogens (tertiary/aromatic N) is 2. The molecule has 3 N–H and O–H groups in total. The minimum atomic E-state index is -0.759. The summed E-state index contributed by atoms with van der Waals surface area (Å²) in [6.07, 6.45) is -0.0453. The predicted octanol–water partition coefficient (Wildman–Crippen LogP) is -1.54. The Bertz CT molecular complexity index is 644. The highest BCUT2D eigenvalue weighted by Crippen LogP contribution is 2.32. The first kappa shape index (κ1) is 14.5. The molecule has 1 aliphatic rings. The van der Waals surface area contributed by atoms with Crippen LogP contribution in [0.25, 0.3) is 0 Å². The Labute approximate surface area is 114 Å². The van der Waals surface area contributed by atoms with Gasteiger partial charge in [0.2, 0.25) is 0 Å². The second kappa shape index (κ2) is 5.58. The number of hydrogen-bond donors (Lipinski definition) is 3. The van der Waals surface area contributed by atoms with Crippen molar-refractivity contribution in [1.82, 2.24) is 14.9 Å². The zero-order valence-corrected chi connectivity index (χ0v) is 11.2. The Hall–Kier alpha value is -1.95. The largest absolute Gasteiger partial charge is 0.394 e. The Morgan fingerprint density at radius 1 is 1.60 bits per heavy atom. The van der Waals surface area contributed by atoms with Crippen molar-refractivity contribution < 1.29 is 9.84 Å². The molecule has 4 atom stereocenters. The average molecular weight is 280 g/mol. The number of nitrogens with one attached hydrogen (secondary N) is 2. The molecule has 0 saturated carbocycles. The Kier molecular flexibility index (Phi) is 4.04. The molecule has 1 aliphatic heterocycles. The highest BCUT2D eigenvalue weighted by Gasteiger charge is 2.45. The van der Waals surface area contributed by atoms with Crippen LogP contribution in [0.5, 0.6) is 0 Å². The highest BCUT2D eigenvalue weighted by molar-refractivity contribution is 5.07. The van der Waals surface area contributed by atoms with Crippen molar-refractivity contribution in [2.24, 2.45) is 5.92 Å². The van der Waals surface area contributed by atoms with E-state index in [1.165, 1.54) is 10.8 Å². The second-order valence-electron chi connectivity index (χ2n) is 4.70. The minimum Gasteiger partial charge on any atom is -0.394 e. The molecule has 0 bridgehead atoms. The van der Waals surface area contributed by atoms with E-state index < -0.39 is 35.5 Å². The number of aliphatic hydroxyl groups excluding tert-OH is 1. The van der Waals surface area contributed by atoms with Crippen molar-refractivity contribution in [2.75, 3.05) is 13.7 Å². The topological polar surface area (TPSA) is 120 Å². The molecule has 0 unspecified atom stereocenters. The number of rotatable bonds is 3. The molecule has 1 fully saturated rings. The standard InChI is InChI=1S/C12H16N4O4/c1-6-4-16(12(19)15-10(6)18)11-9(14-2)7(3-13)8(5-17)20-11/h4,7-9,11,14,17H,5H2,1-2H3,(H,15,18,19)/t7-,8-,9-,11-/m1/s1. The van der Waals surface area contributed by atoms with E-state index in [0.717, 1.165) is 0 Å². The van der Waals surface area contributed by atoms with Gasteiger partial charge in [0, 0.05) is 11.8 Å². The lowest BCUT2D eigenvalue weighted by Gasteiger charge is -2.21. The van der Waals surface area contributed by atoms with Crippen molar-refractivity contribution in [3.63, 3.8) is 0 Å². The maximum atomic E-state index is 11.9. The van der Waals surface area contributed by atoms with E-state index in [0.29, 0.717) is 5.56 Å². The zero-order chi connectivity index (χ0) is 14.9. The van der Waals surface area contributed by atoms with Gasteiger partial charge in [0.25, 0.3) is 5.56 Å². The molecule has 2 heterocycles. The zero-order valence-electron chi connectivity index (χ0n) is 11.2. The van der Waals surface area contributed by atoms with Crippen LogP contribution in [0.1, 0.15) is 11.8 Å².